The van der Waals surface area contributed by atoms with Crippen molar-refractivity contribution >= 4 is 34.7 Å². The number of halogens is 1. The molecule has 0 unspecified atom stereocenters. The van der Waals surface area contributed by atoms with E-state index in [-0.39, 0.29) is 12.5 Å². The van der Waals surface area contributed by atoms with Crippen LogP contribution < -0.4 is 10.1 Å². The lowest BCUT2D eigenvalue weighted by molar-refractivity contribution is -0.118. The fourth-order valence-corrected chi connectivity index (χ4v) is 3.88. The fourth-order valence-electron chi connectivity index (χ4n) is 2.86. The van der Waals surface area contributed by atoms with Crippen LogP contribution in [0.5, 0.6) is 5.75 Å². The second kappa shape index (κ2) is 8.69. The largest absolute Gasteiger partial charge is 0.484 e. The van der Waals surface area contributed by atoms with E-state index in [9.17, 15) is 4.79 Å². The zero-order chi connectivity index (χ0) is 21.1. The first-order valence-corrected chi connectivity index (χ1v) is 10.5. The minimum absolute atomic E-state index is 0.127. The number of carbonyl (C=O) groups excluding carboxylic acids is 1. The summed E-state index contributed by atoms with van der Waals surface area (Å²) in [6, 6.07) is 15.1. The van der Waals surface area contributed by atoms with Crippen molar-refractivity contribution in [3.63, 3.8) is 0 Å². The quantitative estimate of drug-likeness (QED) is 0.444. The molecule has 0 aliphatic heterocycles. The monoisotopic (exact) mass is 438 g/mol. The minimum Gasteiger partial charge on any atom is -0.484 e. The van der Waals surface area contributed by atoms with Crippen molar-refractivity contribution in [2.24, 2.45) is 0 Å². The zero-order valence-electron chi connectivity index (χ0n) is 16.4. The third-order valence-electron chi connectivity index (χ3n) is 4.42. The Kier molecular flexibility index (Phi) is 5.83. The van der Waals surface area contributed by atoms with Crippen LogP contribution in [0.2, 0.25) is 5.02 Å². The summed E-state index contributed by atoms with van der Waals surface area (Å²) in [5.41, 5.74) is 3.12. The number of hydrogen-bond acceptors (Lipinski definition) is 5. The summed E-state index contributed by atoms with van der Waals surface area (Å²) in [6.45, 7) is 3.79. The first-order valence-electron chi connectivity index (χ1n) is 9.25. The van der Waals surface area contributed by atoms with E-state index in [0.717, 1.165) is 22.2 Å². The normalized spacial score (nSPS) is 10.8. The topological polar surface area (TPSA) is 69.0 Å². The van der Waals surface area contributed by atoms with Crippen molar-refractivity contribution in [3.8, 4) is 22.1 Å². The molecule has 8 heteroatoms. The summed E-state index contributed by atoms with van der Waals surface area (Å²) in [6.07, 6.45) is 1.61. The first-order chi connectivity index (χ1) is 14.5. The number of amides is 1. The number of nitrogens with zero attached hydrogens (tertiary/aromatic N) is 3. The smallest absolute Gasteiger partial charge is 0.263 e. The van der Waals surface area contributed by atoms with Gasteiger partial charge in [-0.1, -0.05) is 41.4 Å². The average Bonchev–Trinajstić information content (AvgIpc) is 3.35. The van der Waals surface area contributed by atoms with Crippen molar-refractivity contribution in [1.82, 2.24) is 14.5 Å². The van der Waals surface area contributed by atoms with Crippen molar-refractivity contribution in [1.29, 1.82) is 0 Å². The highest BCUT2D eigenvalue weighted by Gasteiger charge is 2.15. The summed E-state index contributed by atoms with van der Waals surface area (Å²) in [5, 5.41) is 6.18. The third kappa shape index (κ3) is 4.53. The summed E-state index contributed by atoms with van der Waals surface area (Å²) < 4.78 is 7.33. The molecule has 0 saturated heterocycles. The second-order valence-electron chi connectivity index (χ2n) is 6.70. The SMILES string of the molecule is Cc1ccc(-c2csc(-n3c(NC(=O)COc4ccc(Cl)cc4)cnc3C)n2)cc1. The van der Waals surface area contributed by atoms with Gasteiger partial charge >= 0.3 is 0 Å². The molecule has 1 amide bonds. The highest BCUT2D eigenvalue weighted by atomic mass is 35.5. The van der Waals surface area contributed by atoms with Crippen molar-refractivity contribution < 1.29 is 9.53 Å². The van der Waals surface area contributed by atoms with Crippen molar-refractivity contribution in [2.45, 2.75) is 13.8 Å². The summed E-state index contributed by atoms with van der Waals surface area (Å²) >= 11 is 7.35. The van der Waals surface area contributed by atoms with E-state index in [1.165, 1.54) is 16.9 Å². The van der Waals surface area contributed by atoms with Crippen LogP contribution in [0.3, 0.4) is 0 Å². The number of imidazole rings is 1. The fraction of sp³-hybridized carbons (Fsp3) is 0.136. The summed E-state index contributed by atoms with van der Waals surface area (Å²) in [5.74, 6) is 1.55. The van der Waals surface area contributed by atoms with E-state index in [2.05, 4.69) is 29.4 Å². The molecule has 0 aliphatic rings. The summed E-state index contributed by atoms with van der Waals surface area (Å²) in [7, 11) is 0. The van der Waals surface area contributed by atoms with Gasteiger partial charge in [0.15, 0.2) is 11.7 Å². The number of ether oxygens (including phenoxy) is 1. The molecule has 0 atom stereocenters. The lowest BCUT2D eigenvalue weighted by atomic mass is 10.1. The molecule has 1 N–H and O–H groups in total. The van der Waals surface area contributed by atoms with Crippen molar-refractivity contribution in [3.05, 3.63) is 76.5 Å². The number of anilines is 1. The number of rotatable bonds is 6. The number of nitrogens with one attached hydrogen (secondary N) is 1. The molecule has 2 aromatic carbocycles. The molecule has 0 saturated carbocycles. The van der Waals surface area contributed by atoms with Gasteiger partial charge in [-0.3, -0.25) is 9.36 Å². The number of thiazole rings is 1. The molecule has 6 nitrogen and oxygen atoms in total. The highest BCUT2D eigenvalue weighted by Crippen LogP contribution is 2.27. The lowest BCUT2D eigenvalue weighted by Crippen LogP contribution is -2.21. The molecular formula is C22H19ClN4O2S. The Hall–Kier alpha value is -3.16. The van der Waals surface area contributed by atoms with Gasteiger partial charge in [0.25, 0.3) is 5.91 Å². The Bertz CT molecular complexity index is 1170. The van der Waals surface area contributed by atoms with Gasteiger partial charge in [0.05, 0.1) is 11.9 Å². The van der Waals surface area contributed by atoms with Crippen LogP contribution in [0.1, 0.15) is 11.4 Å². The third-order valence-corrected chi connectivity index (χ3v) is 5.50. The predicted octanol–water partition coefficient (Wildman–Crippen LogP) is 5.28. The molecule has 2 heterocycles. The standard InChI is InChI=1S/C22H19ClN4O2S/c1-14-3-5-16(6-4-14)19-13-30-22(25-19)27-15(2)24-11-20(27)26-21(28)12-29-18-9-7-17(23)8-10-18/h3-11,13H,12H2,1-2H3,(H,26,28). The molecule has 4 aromatic rings. The number of benzene rings is 2. The van der Waals surface area contributed by atoms with Gasteiger partial charge in [0.2, 0.25) is 0 Å². The Labute approximate surface area is 183 Å². The van der Waals surface area contributed by atoms with E-state index in [0.29, 0.717) is 16.6 Å². The molecule has 4 rings (SSSR count). The number of aryl methyl sites for hydroxylation is 2. The van der Waals surface area contributed by atoms with E-state index in [4.69, 9.17) is 21.3 Å². The van der Waals surface area contributed by atoms with Gasteiger partial charge in [0.1, 0.15) is 17.4 Å². The van der Waals surface area contributed by atoms with E-state index in [1.807, 2.05) is 29.0 Å². The van der Waals surface area contributed by atoms with Gasteiger partial charge in [0, 0.05) is 16.0 Å². The Balaban J connectivity index is 1.48. The Morgan fingerprint density at radius 1 is 1.13 bits per heavy atom. The van der Waals surface area contributed by atoms with Gasteiger partial charge in [-0.25, -0.2) is 9.97 Å². The second-order valence-corrected chi connectivity index (χ2v) is 7.97. The molecule has 0 aliphatic carbocycles. The lowest BCUT2D eigenvalue weighted by Gasteiger charge is -2.09. The van der Waals surface area contributed by atoms with Gasteiger partial charge in [-0.05, 0) is 38.1 Å². The van der Waals surface area contributed by atoms with Gasteiger partial charge < -0.3 is 10.1 Å². The van der Waals surface area contributed by atoms with E-state index >= 15 is 0 Å². The van der Waals surface area contributed by atoms with Crippen LogP contribution in [-0.4, -0.2) is 27.0 Å². The number of aromatic nitrogens is 3. The van der Waals surface area contributed by atoms with Crippen LogP contribution in [0.25, 0.3) is 16.4 Å². The molecule has 0 radical (unpaired) electrons. The molecule has 0 spiro atoms. The van der Waals surface area contributed by atoms with Crippen molar-refractivity contribution in [2.75, 3.05) is 11.9 Å². The van der Waals surface area contributed by atoms with Gasteiger partial charge in [-0.2, -0.15) is 0 Å². The molecule has 152 valence electrons. The van der Waals surface area contributed by atoms with Gasteiger partial charge in [-0.15, -0.1) is 11.3 Å². The molecular weight excluding hydrogens is 420 g/mol. The van der Waals surface area contributed by atoms with E-state index in [1.54, 1.807) is 30.5 Å². The number of hydrogen-bond donors (Lipinski definition) is 1. The molecule has 2 aromatic heterocycles. The maximum atomic E-state index is 12.4. The highest BCUT2D eigenvalue weighted by molar-refractivity contribution is 7.12. The molecule has 0 fully saturated rings. The van der Waals surface area contributed by atoms with Crippen LogP contribution in [0.15, 0.2) is 60.1 Å². The summed E-state index contributed by atoms with van der Waals surface area (Å²) in [4.78, 5) is 21.4. The van der Waals surface area contributed by atoms with E-state index < -0.39 is 0 Å². The first kappa shape index (κ1) is 20.1. The molecule has 30 heavy (non-hydrogen) atoms. The maximum absolute atomic E-state index is 12.4. The van der Waals surface area contributed by atoms with Crippen LogP contribution in [0.4, 0.5) is 5.82 Å². The van der Waals surface area contributed by atoms with Crippen LogP contribution >= 0.6 is 22.9 Å². The maximum Gasteiger partial charge on any atom is 0.263 e. The zero-order valence-corrected chi connectivity index (χ0v) is 18.0. The predicted molar refractivity (Wildman–Crippen MR) is 120 cm³/mol. The Morgan fingerprint density at radius 3 is 2.60 bits per heavy atom. The van der Waals surface area contributed by atoms with Crippen LogP contribution in [0, 0.1) is 13.8 Å². The Morgan fingerprint density at radius 2 is 1.87 bits per heavy atom. The minimum atomic E-state index is -0.290. The van der Waals surface area contributed by atoms with Crippen LogP contribution in [-0.2, 0) is 4.79 Å². The average molecular weight is 439 g/mol. The molecule has 0 bridgehead atoms. The number of carbonyl (C=O) groups is 1.